The predicted molar refractivity (Wildman–Crippen MR) is 122 cm³/mol. The van der Waals surface area contributed by atoms with Crippen LogP contribution in [-0.2, 0) is 30.6 Å². The van der Waals surface area contributed by atoms with Gasteiger partial charge in [-0.25, -0.2) is 8.42 Å². The summed E-state index contributed by atoms with van der Waals surface area (Å²) in [5.74, 6) is -2.80. The average Bonchev–Trinajstić information content (AvgIpc) is 3.67. The Kier molecular flexibility index (Phi) is 7.30. The Labute approximate surface area is 206 Å². The van der Waals surface area contributed by atoms with Gasteiger partial charge in [-0.05, 0) is 37.8 Å². The van der Waals surface area contributed by atoms with Gasteiger partial charge < -0.3 is 15.5 Å². The molecule has 3 aliphatic rings. The first-order valence-electron chi connectivity index (χ1n) is 11.7. The van der Waals surface area contributed by atoms with E-state index in [1.807, 2.05) is 0 Å². The minimum absolute atomic E-state index is 0.00801. The summed E-state index contributed by atoms with van der Waals surface area (Å²) in [5, 5.41) is 0. The van der Waals surface area contributed by atoms with Gasteiger partial charge in [-0.15, -0.1) is 0 Å². The van der Waals surface area contributed by atoms with Gasteiger partial charge in [0.2, 0.25) is 21.8 Å². The lowest BCUT2D eigenvalue weighted by atomic mass is 10.1. The van der Waals surface area contributed by atoms with Gasteiger partial charge in [-0.3, -0.25) is 19.3 Å². The highest BCUT2D eigenvalue weighted by atomic mass is 32.2. The van der Waals surface area contributed by atoms with E-state index < -0.39 is 56.1 Å². The Morgan fingerprint density at radius 3 is 2.28 bits per heavy atom. The third-order valence-corrected chi connectivity index (χ3v) is 8.15. The molecule has 0 bridgehead atoms. The van der Waals surface area contributed by atoms with E-state index in [0.29, 0.717) is 32.0 Å². The normalized spacial score (nSPS) is 20.9. The molecule has 1 saturated carbocycles. The second-order valence-electron chi connectivity index (χ2n) is 9.20. The molecular formula is C22H28F3N5O5S. The van der Waals surface area contributed by atoms with E-state index in [-0.39, 0.29) is 26.1 Å². The molecule has 0 spiro atoms. The number of alkyl halides is 3. The van der Waals surface area contributed by atoms with Crippen LogP contribution in [0.3, 0.4) is 0 Å². The van der Waals surface area contributed by atoms with E-state index >= 15 is 0 Å². The number of hydrogen-bond acceptors (Lipinski definition) is 6. The molecule has 3 fully saturated rings. The number of primary amides is 1. The van der Waals surface area contributed by atoms with Gasteiger partial charge in [0, 0.05) is 45.2 Å². The lowest BCUT2D eigenvalue weighted by molar-refractivity contribution is -0.140. The number of nitrogens with one attached hydrogen (secondary N) is 1. The monoisotopic (exact) mass is 531 g/mol. The Morgan fingerprint density at radius 2 is 1.72 bits per heavy atom. The summed E-state index contributed by atoms with van der Waals surface area (Å²) < 4.78 is 70.6. The number of nitrogens with zero attached hydrogens (tertiary/aromatic N) is 3. The fourth-order valence-corrected chi connectivity index (χ4v) is 6.09. The lowest BCUT2D eigenvalue weighted by Gasteiger charge is -2.36. The standard InChI is InChI=1S/C22H28F3N5O5S/c23-22(24,25)18-15(30-9-2-1-6-17(30)31)4-3-5-16(18)36(34,35)27-19(20(26)32)21(33)29-12-10-28(11-13-29)14-7-8-14/h3-5,14,19,27H,1-2,6-13H2,(H2,26,32)/t19-/m0/s1. The van der Waals surface area contributed by atoms with Crippen LogP contribution in [0.5, 0.6) is 0 Å². The van der Waals surface area contributed by atoms with Crippen molar-refractivity contribution in [2.24, 2.45) is 5.73 Å². The molecule has 14 heteroatoms. The van der Waals surface area contributed by atoms with E-state index in [1.54, 1.807) is 4.72 Å². The van der Waals surface area contributed by atoms with Crippen molar-refractivity contribution in [3.05, 3.63) is 23.8 Å². The molecule has 0 radical (unpaired) electrons. The third kappa shape index (κ3) is 5.49. The van der Waals surface area contributed by atoms with Gasteiger partial charge in [0.25, 0.3) is 5.91 Å². The minimum atomic E-state index is -5.15. The maximum Gasteiger partial charge on any atom is 0.419 e. The van der Waals surface area contributed by atoms with E-state index in [0.717, 1.165) is 35.9 Å². The van der Waals surface area contributed by atoms with Crippen molar-refractivity contribution in [1.82, 2.24) is 14.5 Å². The van der Waals surface area contributed by atoms with Gasteiger partial charge in [0.05, 0.1) is 16.1 Å². The van der Waals surface area contributed by atoms with E-state index in [4.69, 9.17) is 5.73 Å². The van der Waals surface area contributed by atoms with Crippen LogP contribution >= 0.6 is 0 Å². The molecule has 2 aliphatic heterocycles. The van der Waals surface area contributed by atoms with Crippen LogP contribution < -0.4 is 15.4 Å². The number of carbonyl (C=O) groups excluding carboxylic acids is 3. The smallest absolute Gasteiger partial charge is 0.368 e. The molecular weight excluding hydrogens is 503 g/mol. The maximum absolute atomic E-state index is 14.2. The van der Waals surface area contributed by atoms with Gasteiger partial charge in [-0.1, -0.05) is 6.07 Å². The van der Waals surface area contributed by atoms with Crippen LogP contribution in [0.4, 0.5) is 18.9 Å². The van der Waals surface area contributed by atoms with E-state index in [2.05, 4.69) is 4.90 Å². The quantitative estimate of drug-likeness (QED) is 0.497. The maximum atomic E-state index is 14.2. The lowest BCUT2D eigenvalue weighted by Crippen LogP contribution is -2.59. The van der Waals surface area contributed by atoms with Crippen molar-refractivity contribution in [2.75, 3.05) is 37.6 Å². The number of sulfonamides is 1. The largest absolute Gasteiger partial charge is 0.419 e. The molecule has 4 rings (SSSR count). The molecule has 1 aliphatic carbocycles. The fourth-order valence-electron chi connectivity index (χ4n) is 4.69. The Bertz CT molecular complexity index is 1150. The van der Waals surface area contributed by atoms with Crippen molar-refractivity contribution in [1.29, 1.82) is 0 Å². The highest BCUT2D eigenvalue weighted by Gasteiger charge is 2.44. The number of halogens is 3. The number of anilines is 1. The summed E-state index contributed by atoms with van der Waals surface area (Å²) >= 11 is 0. The second-order valence-corrected chi connectivity index (χ2v) is 10.9. The van der Waals surface area contributed by atoms with Gasteiger partial charge in [-0.2, -0.15) is 17.9 Å². The number of hydrogen-bond donors (Lipinski definition) is 2. The van der Waals surface area contributed by atoms with Crippen LogP contribution in [0.2, 0.25) is 0 Å². The van der Waals surface area contributed by atoms with Crippen LogP contribution in [0.25, 0.3) is 0 Å². The molecule has 3 N–H and O–H groups in total. The zero-order valence-electron chi connectivity index (χ0n) is 19.5. The molecule has 36 heavy (non-hydrogen) atoms. The molecule has 1 atom stereocenters. The number of benzene rings is 1. The summed E-state index contributed by atoms with van der Waals surface area (Å²) in [6.45, 7) is 1.56. The summed E-state index contributed by atoms with van der Waals surface area (Å²) in [5.41, 5.74) is 3.18. The molecule has 0 unspecified atom stereocenters. The number of rotatable bonds is 7. The molecule has 0 aromatic heterocycles. The van der Waals surface area contributed by atoms with Crippen molar-refractivity contribution in [3.63, 3.8) is 0 Å². The zero-order valence-corrected chi connectivity index (χ0v) is 20.3. The summed E-state index contributed by atoms with van der Waals surface area (Å²) in [6.07, 6.45) is -1.98. The number of piperidine rings is 1. The fraction of sp³-hybridized carbons (Fsp3) is 0.591. The number of nitrogens with two attached hydrogens (primary N) is 1. The van der Waals surface area contributed by atoms with E-state index in [1.165, 1.54) is 4.90 Å². The van der Waals surface area contributed by atoms with Crippen LogP contribution in [0.15, 0.2) is 23.1 Å². The van der Waals surface area contributed by atoms with Gasteiger partial charge in [0.15, 0.2) is 6.04 Å². The first-order valence-corrected chi connectivity index (χ1v) is 13.2. The van der Waals surface area contributed by atoms with Crippen LogP contribution in [-0.4, -0.2) is 80.7 Å². The second kappa shape index (κ2) is 9.98. The topological polar surface area (TPSA) is 133 Å². The molecule has 2 heterocycles. The highest BCUT2D eigenvalue weighted by molar-refractivity contribution is 7.89. The predicted octanol–water partition coefficient (Wildman–Crippen LogP) is 0.661. The average molecular weight is 532 g/mol. The van der Waals surface area contributed by atoms with Crippen molar-refractivity contribution in [3.8, 4) is 0 Å². The molecule has 198 valence electrons. The minimum Gasteiger partial charge on any atom is -0.368 e. The molecule has 3 amide bonds. The van der Waals surface area contributed by atoms with Crippen LogP contribution in [0, 0.1) is 0 Å². The van der Waals surface area contributed by atoms with Gasteiger partial charge >= 0.3 is 6.18 Å². The molecule has 10 nitrogen and oxygen atoms in total. The van der Waals surface area contributed by atoms with Crippen molar-refractivity contribution in [2.45, 2.75) is 55.3 Å². The molecule has 1 aromatic carbocycles. The van der Waals surface area contributed by atoms with Gasteiger partial charge in [0.1, 0.15) is 0 Å². The number of carbonyl (C=O) groups is 3. The Morgan fingerprint density at radius 1 is 1.06 bits per heavy atom. The number of amides is 3. The summed E-state index contributed by atoms with van der Waals surface area (Å²) in [7, 11) is -5.06. The first kappa shape index (κ1) is 26.4. The van der Waals surface area contributed by atoms with Crippen molar-refractivity contribution >= 4 is 33.4 Å². The third-order valence-electron chi connectivity index (χ3n) is 6.69. The zero-order chi connectivity index (χ0) is 26.3. The Hall–Kier alpha value is -2.71. The summed E-state index contributed by atoms with van der Waals surface area (Å²) in [4.78, 5) is 40.6. The first-order chi connectivity index (χ1) is 16.9. The SMILES string of the molecule is NC(=O)[C@H](NS(=O)(=O)c1cccc(N2CCCCC2=O)c1C(F)(F)F)C(=O)N1CCN(C2CC2)CC1. The van der Waals surface area contributed by atoms with Crippen LogP contribution in [0.1, 0.15) is 37.7 Å². The van der Waals surface area contributed by atoms with E-state index in [9.17, 15) is 36.0 Å². The highest BCUT2D eigenvalue weighted by Crippen LogP contribution is 2.41. The molecule has 2 saturated heterocycles. The number of piperazine rings is 1. The summed E-state index contributed by atoms with van der Waals surface area (Å²) in [6, 6.07) is 1.22. The molecule has 1 aromatic rings. The van der Waals surface area contributed by atoms with Crippen molar-refractivity contribution < 1.29 is 36.0 Å². The Balaban J connectivity index is 1.62.